The summed E-state index contributed by atoms with van der Waals surface area (Å²) in [5, 5.41) is 3.16. The van der Waals surface area contributed by atoms with Crippen molar-refractivity contribution >= 4 is 0 Å². The summed E-state index contributed by atoms with van der Waals surface area (Å²) in [7, 11) is 0. The van der Waals surface area contributed by atoms with Gasteiger partial charge in [-0.15, -0.1) is 0 Å². The first-order chi connectivity index (χ1) is 5.97. The molecule has 0 saturated carbocycles. The van der Waals surface area contributed by atoms with Crippen LogP contribution in [-0.2, 0) is 9.47 Å². The van der Waals surface area contributed by atoms with E-state index in [-0.39, 0.29) is 6.10 Å². The average Bonchev–Trinajstić information content (AvgIpc) is 2.21. The largest absolute Gasteiger partial charge is 0.376 e. The predicted octanol–water partition coefficient (Wildman–Crippen LogP) is 0.793. The Morgan fingerprint density at radius 1 is 1.42 bits per heavy atom. The van der Waals surface area contributed by atoms with Gasteiger partial charge in [-0.2, -0.15) is 0 Å². The van der Waals surface area contributed by atoms with E-state index in [1.165, 1.54) is 0 Å². The van der Waals surface area contributed by atoms with Crippen molar-refractivity contribution in [3.63, 3.8) is 0 Å². The van der Waals surface area contributed by atoms with E-state index in [2.05, 4.69) is 17.5 Å². The molecule has 2 aliphatic rings. The highest BCUT2D eigenvalue weighted by molar-refractivity contribution is 5.15. The van der Waals surface area contributed by atoms with Crippen molar-refractivity contribution in [2.45, 2.75) is 12.5 Å². The fourth-order valence-electron chi connectivity index (χ4n) is 1.37. The van der Waals surface area contributed by atoms with Crippen molar-refractivity contribution in [2.75, 3.05) is 19.8 Å². The van der Waals surface area contributed by atoms with Crippen LogP contribution in [-0.4, -0.2) is 25.9 Å². The van der Waals surface area contributed by atoms with Crippen LogP contribution >= 0.6 is 0 Å². The van der Waals surface area contributed by atoms with Crippen molar-refractivity contribution in [3.8, 4) is 0 Å². The zero-order valence-electron chi connectivity index (χ0n) is 6.95. The Bertz CT molecular complexity index is 205. The van der Waals surface area contributed by atoms with E-state index < -0.39 is 0 Å². The van der Waals surface area contributed by atoms with Gasteiger partial charge in [0.05, 0.1) is 19.8 Å². The van der Waals surface area contributed by atoms with Crippen molar-refractivity contribution in [2.24, 2.45) is 0 Å². The van der Waals surface area contributed by atoms with Crippen LogP contribution in [0.4, 0.5) is 0 Å². The maximum absolute atomic E-state index is 5.53. The van der Waals surface area contributed by atoms with E-state index in [9.17, 15) is 0 Å². The zero-order chi connectivity index (χ0) is 8.23. The molecule has 0 radical (unpaired) electrons. The number of allylic oxidation sites excluding steroid dienone is 2. The third-order valence-electron chi connectivity index (χ3n) is 2.00. The second-order valence-corrected chi connectivity index (χ2v) is 2.88. The normalized spacial score (nSPS) is 29.3. The van der Waals surface area contributed by atoms with Gasteiger partial charge in [0.2, 0.25) is 0 Å². The van der Waals surface area contributed by atoms with Crippen molar-refractivity contribution in [3.05, 3.63) is 24.0 Å². The number of hydrogen-bond donors (Lipinski definition) is 1. The van der Waals surface area contributed by atoms with E-state index in [1.807, 2.05) is 6.20 Å². The van der Waals surface area contributed by atoms with Gasteiger partial charge in [-0.3, -0.25) is 0 Å². The Morgan fingerprint density at radius 2 is 2.42 bits per heavy atom. The van der Waals surface area contributed by atoms with Crippen molar-refractivity contribution in [1.29, 1.82) is 0 Å². The van der Waals surface area contributed by atoms with Gasteiger partial charge in [0.25, 0.3) is 0 Å². The molecule has 0 spiro atoms. The number of dihydropyridines is 1. The van der Waals surface area contributed by atoms with Crippen molar-refractivity contribution < 1.29 is 9.47 Å². The Hall–Kier alpha value is -0.800. The molecule has 2 rings (SSSR count). The number of rotatable bonds is 1. The molecular formula is C9H13NO2. The molecule has 0 aromatic heterocycles. The van der Waals surface area contributed by atoms with Gasteiger partial charge in [-0.25, -0.2) is 0 Å². The Labute approximate surface area is 72.0 Å². The van der Waals surface area contributed by atoms with E-state index in [0.29, 0.717) is 13.2 Å². The maximum atomic E-state index is 5.53. The fourth-order valence-corrected chi connectivity index (χ4v) is 1.37. The van der Waals surface area contributed by atoms with Gasteiger partial charge in [0.15, 0.2) is 0 Å². The molecule has 0 aromatic carbocycles. The van der Waals surface area contributed by atoms with Crippen LogP contribution in [0.25, 0.3) is 0 Å². The first kappa shape index (κ1) is 7.83. The molecule has 0 aromatic rings. The quantitative estimate of drug-likeness (QED) is 0.626. The van der Waals surface area contributed by atoms with Crippen molar-refractivity contribution in [1.82, 2.24) is 5.32 Å². The number of ether oxygens (including phenoxy) is 2. The molecule has 0 aliphatic carbocycles. The summed E-state index contributed by atoms with van der Waals surface area (Å²) in [6.45, 7) is 2.10. The molecule has 12 heavy (non-hydrogen) atoms. The summed E-state index contributed by atoms with van der Waals surface area (Å²) < 4.78 is 10.8. The van der Waals surface area contributed by atoms with Gasteiger partial charge in [0, 0.05) is 5.70 Å². The predicted molar refractivity (Wildman–Crippen MR) is 45.5 cm³/mol. The molecule has 0 bridgehead atoms. The minimum Gasteiger partial charge on any atom is -0.376 e. The Kier molecular flexibility index (Phi) is 2.44. The van der Waals surface area contributed by atoms with Crippen LogP contribution in [0.1, 0.15) is 6.42 Å². The lowest BCUT2D eigenvalue weighted by Crippen LogP contribution is -2.34. The number of hydrogen-bond acceptors (Lipinski definition) is 3. The van der Waals surface area contributed by atoms with E-state index >= 15 is 0 Å². The summed E-state index contributed by atoms with van der Waals surface area (Å²) in [5.74, 6) is 0. The Balaban J connectivity index is 1.93. The van der Waals surface area contributed by atoms with Crippen LogP contribution in [0.2, 0.25) is 0 Å². The van der Waals surface area contributed by atoms with E-state index in [4.69, 9.17) is 9.47 Å². The highest BCUT2D eigenvalue weighted by Crippen LogP contribution is 2.12. The minimum absolute atomic E-state index is 0.115. The van der Waals surface area contributed by atoms with E-state index in [1.54, 1.807) is 0 Å². The van der Waals surface area contributed by atoms with Crippen LogP contribution in [0.3, 0.4) is 0 Å². The molecule has 1 unspecified atom stereocenters. The first-order valence-corrected chi connectivity index (χ1v) is 4.28. The lowest BCUT2D eigenvalue weighted by atomic mass is 10.2. The molecule has 1 N–H and O–H groups in total. The van der Waals surface area contributed by atoms with Gasteiger partial charge >= 0.3 is 0 Å². The Morgan fingerprint density at radius 3 is 3.08 bits per heavy atom. The summed E-state index contributed by atoms with van der Waals surface area (Å²) in [6.07, 6.45) is 7.27. The summed E-state index contributed by atoms with van der Waals surface area (Å²) in [6, 6.07) is 0. The third-order valence-corrected chi connectivity index (χ3v) is 2.00. The molecule has 0 amide bonds. The molecule has 2 aliphatic heterocycles. The van der Waals surface area contributed by atoms with Crippen LogP contribution in [0.15, 0.2) is 24.0 Å². The van der Waals surface area contributed by atoms with Gasteiger partial charge in [0.1, 0.15) is 6.10 Å². The molecule has 1 fully saturated rings. The molecule has 66 valence electrons. The monoisotopic (exact) mass is 167 g/mol. The standard InChI is InChI=1S/C9H13NO2/c1-2-4-10-8(3-1)9-7-11-5-6-12-9/h2-4,9-10H,1,5-7H2. The lowest BCUT2D eigenvalue weighted by molar-refractivity contribution is -0.0740. The van der Waals surface area contributed by atoms with Gasteiger partial charge in [-0.1, -0.05) is 12.2 Å². The maximum Gasteiger partial charge on any atom is 0.120 e. The molecule has 1 saturated heterocycles. The SMILES string of the molecule is C1=CNC(C2COCCO2)=CC1. The second kappa shape index (κ2) is 3.74. The van der Waals surface area contributed by atoms with E-state index in [0.717, 1.165) is 18.7 Å². The first-order valence-electron chi connectivity index (χ1n) is 4.28. The molecule has 3 heteroatoms. The van der Waals surface area contributed by atoms with Crippen LogP contribution in [0.5, 0.6) is 0 Å². The lowest BCUT2D eigenvalue weighted by Gasteiger charge is -2.26. The van der Waals surface area contributed by atoms with Crippen LogP contribution < -0.4 is 5.32 Å². The molecule has 3 nitrogen and oxygen atoms in total. The smallest absolute Gasteiger partial charge is 0.120 e. The molecule has 1 atom stereocenters. The third kappa shape index (κ3) is 1.68. The average molecular weight is 167 g/mol. The second-order valence-electron chi connectivity index (χ2n) is 2.88. The number of nitrogens with one attached hydrogen (secondary N) is 1. The summed E-state index contributed by atoms with van der Waals surface area (Å²) >= 11 is 0. The highest BCUT2D eigenvalue weighted by Gasteiger charge is 2.18. The minimum atomic E-state index is 0.115. The summed E-state index contributed by atoms with van der Waals surface area (Å²) in [4.78, 5) is 0. The summed E-state index contributed by atoms with van der Waals surface area (Å²) in [5.41, 5.74) is 1.14. The zero-order valence-corrected chi connectivity index (χ0v) is 6.95. The topological polar surface area (TPSA) is 30.5 Å². The molecular weight excluding hydrogens is 154 g/mol. The van der Waals surface area contributed by atoms with Crippen LogP contribution in [0, 0.1) is 0 Å². The van der Waals surface area contributed by atoms with Gasteiger partial charge < -0.3 is 14.8 Å². The highest BCUT2D eigenvalue weighted by atomic mass is 16.6. The molecule has 2 heterocycles. The van der Waals surface area contributed by atoms with Gasteiger partial charge in [-0.05, 0) is 12.6 Å². The fraction of sp³-hybridized carbons (Fsp3) is 0.556.